The van der Waals surface area contributed by atoms with Crippen molar-refractivity contribution in [3.8, 4) is 0 Å². The molecule has 1 aromatic carbocycles. The Morgan fingerprint density at radius 1 is 1.56 bits per heavy atom. The maximum atomic E-state index is 12.9. The third-order valence-corrected chi connectivity index (χ3v) is 2.57. The van der Waals surface area contributed by atoms with Crippen LogP contribution >= 0.6 is 15.9 Å². The van der Waals surface area contributed by atoms with E-state index in [1.165, 1.54) is 12.1 Å². The summed E-state index contributed by atoms with van der Waals surface area (Å²) >= 11 is 3.29. The number of halogens is 2. The van der Waals surface area contributed by atoms with E-state index in [0.29, 0.717) is 12.2 Å². The van der Waals surface area contributed by atoms with Crippen molar-refractivity contribution in [1.29, 1.82) is 0 Å². The number of carbonyl (C=O) groups excluding carboxylic acids is 1. The summed E-state index contributed by atoms with van der Waals surface area (Å²) in [6, 6.07) is 4.39. The van der Waals surface area contributed by atoms with Gasteiger partial charge in [-0.05, 0) is 30.7 Å². The number of hydrogen-bond donors (Lipinski definition) is 0. The van der Waals surface area contributed by atoms with E-state index in [2.05, 4.69) is 15.9 Å². The molecular formula is C12H12BrFO2. The Bertz CT molecular complexity index is 402. The van der Waals surface area contributed by atoms with Gasteiger partial charge in [-0.2, -0.15) is 0 Å². The lowest BCUT2D eigenvalue weighted by Gasteiger charge is -1.99. The van der Waals surface area contributed by atoms with Gasteiger partial charge >= 0.3 is 5.97 Å². The molecule has 0 fully saturated rings. The Kier molecular flexibility index (Phi) is 5.19. The van der Waals surface area contributed by atoms with Crippen LogP contribution in [-0.2, 0) is 9.53 Å². The van der Waals surface area contributed by atoms with Crippen LogP contribution in [0.2, 0.25) is 0 Å². The fraction of sp³-hybridized carbons (Fsp3) is 0.250. The molecule has 86 valence electrons. The van der Waals surface area contributed by atoms with E-state index >= 15 is 0 Å². The Morgan fingerprint density at radius 3 is 3.00 bits per heavy atom. The molecule has 1 aromatic rings. The molecule has 2 nitrogen and oxygen atoms in total. The van der Waals surface area contributed by atoms with Crippen molar-refractivity contribution < 1.29 is 13.9 Å². The largest absolute Gasteiger partial charge is 0.466 e. The van der Waals surface area contributed by atoms with Gasteiger partial charge in [-0.3, -0.25) is 4.79 Å². The average molecular weight is 287 g/mol. The molecule has 0 amide bonds. The Morgan fingerprint density at radius 2 is 2.31 bits per heavy atom. The van der Waals surface area contributed by atoms with Crippen molar-refractivity contribution in [1.82, 2.24) is 0 Å². The first kappa shape index (κ1) is 12.9. The highest BCUT2D eigenvalue weighted by Gasteiger charge is 1.99. The van der Waals surface area contributed by atoms with Gasteiger partial charge in [-0.1, -0.05) is 28.1 Å². The van der Waals surface area contributed by atoms with Crippen molar-refractivity contribution in [3.63, 3.8) is 0 Å². The SMILES string of the molecule is CCOC(=O)CC=Cc1cc(F)ccc1Br. The molecule has 4 heteroatoms. The molecule has 0 unspecified atom stereocenters. The van der Waals surface area contributed by atoms with Gasteiger partial charge in [-0.25, -0.2) is 4.39 Å². The highest BCUT2D eigenvalue weighted by Crippen LogP contribution is 2.19. The Hall–Kier alpha value is -1.16. The van der Waals surface area contributed by atoms with Crippen molar-refractivity contribution in [2.45, 2.75) is 13.3 Å². The van der Waals surface area contributed by atoms with Crippen LogP contribution in [0.4, 0.5) is 4.39 Å². The minimum Gasteiger partial charge on any atom is -0.466 e. The molecule has 0 atom stereocenters. The van der Waals surface area contributed by atoms with Crippen LogP contribution in [0.3, 0.4) is 0 Å². The second-order valence-electron chi connectivity index (χ2n) is 3.08. The number of ether oxygens (including phenoxy) is 1. The van der Waals surface area contributed by atoms with E-state index < -0.39 is 0 Å². The first-order valence-electron chi connectivity index (χ1n) is 4.90. The Labute approximate surface area is 102 Å². The van der Waals surface area contributed by atoms with Crippen molar-refractivity contribution in [2.75, 3.05) is 6.61 Å². The molecule has 0 saturated carbocycles. The van der Waals surface area contributed by atoms with Crippen LogP contribution in [0, 0.1) is 5.82 Å². The molecule has 1 rings (SSSR count). The number of carbonyl (C=O) groups is 1. The van der Waals surface area contributed by atoms with Crippen molar-refractivity contribution in [2.24, 2.45) is 0 Å². The predicted octanol–water partition coefficient (Wildman–Crippen LogP) is 3.55. The topological polar surface area (TPSA) is 26.3 Å². The minimum absolute atomic E-state index is 0.191. The lowest BCUT2D eigenvalue weighted by molar-refractivity contribution is -0.142. The zero-order valence-corrected chi connectivity index (χ0v) is 10.5. The lowest BCUT2D eigenvalue weighted by atomic mass is 10.2. The summed E-state index contributed by atoms with van der Waals surface area (Å²) in [6.45, 7) is 2.13. The highest BCUT2D eigenvalue weighted by atomic mass is 79.9. The average Bonchev–Trinajstić information content (AvgIpc) is 2.23. The highest BCUT2D eigenvalue weighted by molar-refractivity contribution is 9.10. The molecule has 0 heterocycles. The zero-order chi connectivity index (χ0) is 12.0. The molecule has 0 aliphatic carbocycles. The summed E-state index contributed by atoms with van der Waals surface area (Å²) in [6.07, 6.45) is 3.53. The van der Waals surface area contributed by atoms with Crippen LogP contribution in [0.15, 0.2) is 28.7 Å². The van der Waals surface area contributed by atoms with Gasteiger partial charge in [-0.15, -0.1) is 0 Å². The maximum Gasteiger partial charge on any atom is 0.309 e. The molecule has 0 aromatic heterocycles. The molecule has 0 aliphatic heterocycles. The minimum atomic E-state index is -0.306. The van der Waals surface area contributed by atoms with E-state index in [9.17, 15) is 9.18 Å². The van der Waals surface area contributed by atoms with Gasteiger partial charge in [0, 0.05) is 4.47 Å². The third kappa shape index (κ3) is 4.14. The number of rotatable bonds is 4. The van der Waals surface area contributed by atoms with Gasteiger partial charge in [0.1, 0.15) is 5.82 Å². The fourth-order valence-electron chi connectivity index (χ4n) is 1.14. The third-order valence-electron chi connectivity index (χ3n) is 1.85. The van der Waals surface area contributed by atoms with E-state index in [0.717, 1.165) is 4.47 Å². The van der Waals surface area contributed by atoms with Gasteiger partial charge in [0.15, 0.2) is 0 Å². The van der Waals surface area contributed by atoms with Gasteiger partial charge in [0.2, 0.25) is 0 Å². The van der Waals surface area contributed by atoms with Crippen LogP contribution in [-0.4, -0.2) is 12.6 Å². The second kappa shape index (κ2) is 6.43. The van der Waals surface area contributed by atoms with Crippen LogP contribution < -0.4 is 0 Å². The predicted molar refractivity (Wildman–Crippen MR) is 64.4 cm³/mol. The second-order valence-corrected chi connectivity index (χ2v) is 3.93. The van der Waals surface area contributed by atoms with Gasteiger partial charge < -0.3 is 4.74 Å². The van der Waals surface area contributed by atoms with E-state index in [1.807, 2.05) is 0 Å². The summed E-state index contributed by atoms with van der Waals surface area (Å²) in [5, 5.41) is 0. The van der Waals surface area contributed by atoms with E-state index in [1.54, 1.807) is 25.1 Å². The van der Waals surface area contributed by atoms with Crippen LogP contribution in [0.5, 0.6) is 0 Å². The standard InChI is InChI=1S/C12H12BrFO2/c1-2-16-12(15)5-3-4-9-8-10(14)6-7-11(9)13/h3-4,6-8H,2,5H2,1H3. The van der Waals surface area contributed by atoms with Crippen LogP contribution in [0.25, 0.3) is 6.08 Å². The molecule has 0 radical (unpaired) electrons. The lowest BCUT2D eigenvalue weighted by Crippen LogP contribution is -2.01. The van der Waals surface area contributed by atoms with E-state index in [4.69, 9.17) is 4.74 Å². The Balaban J connectivity index is 2.62. The number of esters is 1. The molecule has 0 saturated heterocycles. The fourth-order valence-corrected chi connectivity index (χ4v) is 1.52. The summed E-state index contributed by atoms with van der Waals surface area (Å²) in [5.41, 5.74) is 0.698. The van der Waals surface area contributed by atoms with Crippen molar-refractivity contribution >= 4 is 28.0 Å². The quantitative estimate of drug-likeness (QED) is 0.791. The van der Waals surface area contributed by atoms with Gasteiger partial charge in [0.05, 0.1) is 13.0 Å². The summed E-state index contributed by atoms with van der Waals surface area (Å²) in [4.78, 5) is 11.0. The zero-order valence-electron chi connectivity index (χ0n) is 8.87. The first-order chi connectivity index (χ1) is 7.63. The first-order valence-corrected chi connectivity index (χ1v) is 5.70. The molecular weight excluding hydrogens is 275 g/mol. The number of benzene rings is 1. The molecule has 0 N–H and O–H groups in total. The number of hydrogen-bond acceptors (Lipinski definition) is 2. The smallest absolute Gasteiger partial charge is 0.309 e. The monoisotopic (exact) mass is 286 g/mol. The maximum absolute atomic E-state index is 12.9. The summed E-state index contributed by atoms with van der Waals surface area (Å²) < 4.78 is 18.5. The van der Waals surface area contributed by atoms with Gasteiger partial charge in [0.25, 0.3) is 0 Å². The van der Waals surface area contributed by atoms with E-state index in [-0.39, 0.29) is 18.2 Å². The molecule has 0 bridgehead atoms. The molecule has 0 spiro atoms. The normalized spacial score (nSPS) is 10.7. The summed E-state index contributed by atoms with van der Waals surface area (Å²) in [7, 11) is 0. The summed E-state index contributed by atoms with van der Waals surface area (Å²) in [5.74, 6) is -0.592. The molecule has 0 aliphatic rings. The van der Waals surface area contributed by atoms with Crippen molar-refractivity contribution in [3.05, 3.63) is 40.1 Å². The van der Waals surface area contributed by atoms with Crippen LogP contribution in [0.1, 0.15) is 18.9 Å². The molecule has 16 heavy (non-hydrogen) atoms.